The van der Waals surface area contributed by atoms with E-state index in [1.807, 2.05) is 18.3 Å². The van der Waals surface area contributed by atoms with Gasteiger partial charge in [0.15, 0.2) is 0 Å². The standard InChI is InChI=1S/C24H25N5/c1-28-13-15-29(16-14-28)20-9-7-19(8-10-20)26-24-21-17-23(18-5-3-2-4-6-18)27-22(21)11-12-25-24/h2-12,17,27H,13-16H2,1H3,(H,25,26). The van der Waals surface area contributed by atoms with Crippen molar-refractivity contribution < 1.29 is 0 Å². The molecule has 5 rings (SSSR count). The Morgan fingerprint density at radius 3 is 2.41 bits per heavy atom. The number of rotatable bonds is 4. The number of benzene rings is 2. The first-order valence-electron chi connectivity index (χ1n) is 10.1. The van der Waals surface area contributed by atoms with Crippen LogP contribution in [0, 0.1) is 0 Å². The Morgan fingerprint density at radius 1 is 0.897 bits per heavy atom. The zero-order valence-electron chi connectivity index (χ0n) is 16.6. The van der Waals surface area contributed by atoms with Gasteiger partial charge in [0.1, 0.15) is 5.82 Å². The highest BCUT2D eigenvalue weighted by Crippen LogP contribution is 2.30. The van der Waals surface area contributed by atoms with Gasteiger partial charge in [0.05, 0.1) is 5.52 Å². The second-order valence-corrected chi connectivity index (χ2v) is 7.63. The number of aromatic amines is 1. The summed E-state index contributed by atoms with van der Waals surface area (Å²) in [7, 11) is 2.18. The quantitative estimate of drug-likeness (QED) is 0.535. The minimum absolute atomic E-state index is 0.869. The summed E-state index contributed by atoms with van der Waals surface area (Å²) in [6.07, 6.45) is 1.84. The van der Waals surface area contributed by atoms with Crippen LogP contribution in [0.15, 0.2) is 72.9 Å². The van der Waals surface area contributed by atoms with E-state index in [0.29, 0.717) is 0 Å². The SMILES string of the molecule is CN1CCN(c2ccc(Nc3nccc4[nH]c(-c5ccccc5)cc34)cc2)CC1. The molecule has 1 aliphatic heterocycles. The summed E-state index contributed by atoms with van der Waals surface area (Å²) in [5.41, 5.74) is 5.68. The highest BCUT2D eigenvalue weighted by molar-refractivity contribution is 5.95. The number of hydrogen-bond donors (Lipinski definition) is 2. The largest absolute Gasteiger partial charge is 0.369 e. The molecule has 4 aromatic rings. The lowest BCUT2D eigenvalue weighted by atomic mass is 10.1. The van der Waals surface area contributed by atoms with E-state index in [0.717, 1.165) is 54.3 Å². The van der Waals surface area contributed by atoms with Crippen molar-refractivity contribution in [1.29, 1.82) is 0 Å². The molecule has 0 spiro atoms. The van der Waals surface area contributed by atoms with Gasteiger partial charge in [-0.1, -0.05) is 30.3 Å². The van der Waals surface area contributed by atoms with Gasteiger partial charge < -0.3 is 20.1 Å². The minimum atomic E-state index is 0.869. The lowest BCUT2D eigenvalue weighted by Crippen LogP contribution is -2.44. The molecule has 29 heavy (non-hydrogen) atoms. The van der Waals surface area contributed by atoms with Crippen molar-refractivity contribution in [1.82, 2.24) is 14.9 Å². The van der Waals surface area contributed by atoms with Crippen LogP contribution in [0.4, 0.5) is 17.2 Å². The van der Waals surface area contributed by atoms with Gasteiger partial charge in [0, 0.05) is 54.8 Å². The lowest BCUT2D eigenvalue weighted by Gasteiger charge is -2.34. The maximum absolute atomic E-state index is 4.58. The third-order valence-corrected chi connectivity index (χ3v) is 5.63. The molecule has 3 heterocycles. The Kier molecular flexibility index (Phi) is 4.66. The van der Waals surface area contributed by atoms with Crippen LogP contribution < -0.4 is 10.2 Å². The number of hydrogen-bond acceptors (Lipinski definition) is 4. The minimum Gasteiger partial charge on any atom is -0.369 e. The molecule has 0 atom stereocenters. The summed E-state index contributed by atoms with van der Waals surface area (Å²) in [5, 5.41) is 4.58. The summed E-state index contributed by atoms with van der Waals surface area (Å²) in [6.45, 7) is 4.39. The first-order valence-corrected chi connectivity index (χ1v) is 10.1. The summed E-state index contributed by atoms with van der Waals surface area (Å²) in [4.78, 5) is 12.9. The summed E-state index contributed by atoms with van der Waals surface area (Å²) < 4.78 is 0. The van der Waals surface area contributed by atoms with Crippen LogP contribution in [-0.4, -0.2) is 48.1 Å². The fraction of sp³-hybridized carbons (Fsp3) is 0.208. The molecule has 2 aromatic heterocycles. The van der Waals surface area contributed by atoms with E-state index in [1.165, 1.54) is 11.3 Å². The highest BCUT2D eigenvalue weighted by Gasteiger charge is 2.14. The maximum atomic E-state index is 4.58. The maximum Gasteiger partial charge on any atom is 0.139 e. The van der Waals surface area contributed by atoms with Crippen molar-refractivity contribution in [2.24, 2.45) is 0 Å². The average Bonchev–Trinajstić information content (AvgIpc) is 3.21. The highest BCUT2D eigenvalue weighted by atomic mass is 15.2. The third kappa shape index (κ3) is 3.69. The Labute approximate surface area is 171 Å². The molecule has 2 N–H and O–H groups in total. The number of likely N-dealkylation sites (N-methyl/N-ethyl adjacent to an activating group) is 1. The molecule has 146 valence electrons. The molecule has 5 nitrogen and oxygen atoms in total. The number of anilines is 3. The second kappa shape index (κ2) is 7.60. The molecular weight excluding hydrogens is 358 g/mol. The first-order chi connectivity index (χ1) is 14.3. The van der Waals surface area contributed by atoms with E-state index in [1.54, 1.807) is 0 Å². The monoisotopic (exact) mass is 383 g/mol. The molecule has 1 aliphatic rings. The molecule has 0 saturated carbocycles. The summed E-state index contributed by atoms with van der Waals surface area (Å²) in [6, 6.07) is 23.2. The number of piperazine rings is 1. The van der Waals surface area contributed by atoms with Gasteiger partial charge in [-0.2, -0.15) is 0 Å². The molecule has 1 fully saturated rings. The van der Waals surface area contributed by atoms with E-state index in [9.17, 15) is 0 Å². The van der Waals surface area contributed by atoms with Gasteiger partial charge in [-0.3, -0.25) is 0 Å². The van der Waals surface area contributed by atoms with Crippen molar-refractivity contribution in [2.75, 3.05) is 43.4 Å². The van der Waals surface area contributed by atoms with E-state index in [4.69, 9.17) is 0 Å². The van der Waals surface area contributed by atoms with Crippen LogP contribution in [0.1, 0.15) is 0 Å². The van der Waals surface area contributed by atoms with Crippen molar-refractivity contribution in [3.8, 4) is 11.3 Å². The topological polar surface area (TPSA) is 47.2 Å². The van der Waals surface area contributed by atoms with E-state index >= 15 is 0 Å². The number of nitrogens with zero attached hydrogens (tertiary/aromatic N) is 3. The van der Waals surface area contributed by atoms with Gasteiger partial charge in [0.2, 0.25) is 0 Å². The van der Waals surface area contributed by atoms with Crippen molar-refractivity contribution in [2.45, 2.75) is 0 Å². The van der Waals surface area contributed by atoms with Gasteiger partial charge in [-0.05, 0) is 49.0 Å². The number of pyridine rings is 1. The predicted molar refractivity (Wildman–Crippen MR) is 121 cm³/mol. The van der Waals surface area contributed by atoms with E-state index in [2.05, 4.69) is 86.7 Å². The molecule has 5 heteroatoms. The van der Waals surface area contributed by atoms with Crippen molar-refractivity contribution in [3.05, 3.63) is 72.9 Å². The van der Waals surface area contributed by atoms with Crippen LogP contribution in [0.25, 0.3) is 22.2 Å². The second-order valence-electron chi connectivity index (χ2n) is 7.63. The zero-order chi connectivity index (χ0) is 19.6. The summed E-state index contributed by atoms with van der Waals surface area (Å²) in [5.74, 6) is 0.869. The molecule has 0 aliphatic carbocycles. The summed E-state index contributed by atoms with van der Waals surface area (Å²) >= 11 is 0. The molecule has 0 amide bonds. The molecule has 0 radical (unpaired) electrons. The van der Waals surface area contributed by atoms with Crippen molar-refractivity contribution in [3.63, 3.8) is 0 Å². The predicted octanol–water partition coefficient (Wildman–Crippen LogP) is 4.73. The van der Waals surface area contributed by atoms with E-state index < -0.39 is 0 Å². The number of H-pyrrole nitrogens is 1. The van der Waals surface area contributed by atoms with E-state index in [-0.39, 0.29) is 0 Å². The van der Waals surface area contributed by atoms with Crippen molar-refractivity contribution >= 4 is 28.1 Å². The van der Waals surface area contributed by atoms with Crippen LogP contribution in [-0.2, 0) is 0 Å². The number of fused-ring (bicyclic) bond motifs is 1. The zero-order valence-corrected chi connectivity index (χ0v) is 16.6. The van der Waals surface area contributed by atoms with Gasteiger partial charge in [0.25, 0.3) is 0 Å². The van der Waals surface area contributed by atoms with Crippen LogP contribution in [0.5, 0.6) is 0 Å². The first kappa shape index (κ1) is 17.8. The van der Waals surface area contributed by atoms with Crippen LogP contribution in [0.3, 0.4) is 0 Å². The fourth-order valence-electron chi connectivity index (χ4n) is 3.88. The normalized spacial score (nSPS) is 15.0. The molecule has 1 saturated heterocycles. The van der Waals surface area contributed by atoms with Gasteiger partial charge >= 0.3 is 0 Å². The Hall–Kier alpha value is -3.31. The molecule has 0 bridgehead atoms. The third-order valence-electron chi connectivity index (χ3n) is 5.63. The fourth-order valence-corrected chi connectivity index (χ4v) is 3.88. The van der Waals surface area contributed by atoms with Gasteiger partial charge in [-0.15, -0.1) is 0 Å². The Morgan fingerprint density at radius 2 is 1.66 bits per heavy atom. The van der Waals surface area contributed by atoms with Gasteiger partial charge in [-0.25, -0.2) is 4.98 Å². The number of aromatic nitrogens is 2. The molecular formula is C24H25N5. The average molecular weight is 383 g/mol. The molecule has 2 aromatic carbocycles. The molecule has 0 unspecified atom stereocenters. The smallest absolute Gasteiger partial charge is 0.139 e. The lowest BCUT2D eigenvalue weighted by molar-refractivity contribution is 0.313. The van der Waals surface area contributed by atoms with Crippen LogP contribution >= 0.6 is 0 Å². The van der Waals surface area contributed by atoms with Crippen LogP contribution in [0.2, 0.25) is 0 Å². The number of nitrogens with one attached hydrogen (secondary N) is 2. The Balaban J connectivity index is 1.38. The Bertz CT molecular complexity index is 1090.